The number of unbranched alkanes of at least 4 members (excludes halogenated alkanes) is 29. The van der Waals surface area contributed by atoms with Crippen LogP contribution in [0.2, 0.25) is 0 Å². The van der Waals surface area contributed by atoms with Crippen molar-refractivity contribution in [3.8, 4) is 0 Å². The van der Waals surface area contributed by atoms with Gasteiger partial charge in [-0.05, 0) is 49.4 Å². The number of carbonyl (C=O) groups is 4. The first-order chi connectivity index (χ1) is 41.7. The molecule has 0 bridgehead atoms. The van der Waals surface area contributed by atoms with Crippen molar-refractivity contribution in [3.63, 3.8) is 0 Å². The highest BCUT2D eigenvalue weighted by Crippen LogP contribution is 2.45. The second-order valence-electron chi connectivity index (χ2n) is 26.0. The van der Waals surface area contributed by atoms with Crippen molar-refractivity contribution in [3.05, 3.63) is 0 Å². The molecule has 0 spiro atoms. The topological polar surface area (TPSA) is 237 Å². The normalized spacial score (nSPS) is 15.0. The average molecular weight is 1280 g/mol. The van der Waals surface area contributed by atoms with Crippen LogP contribution in [-0.2, 0) is 65.4 Å². The van der Waals surface area contributed by atoms with Crippen molar-refractivity contribution in [1.82, 2.24) is 0 Å². The number of esters is 4. The van der Waals surface area contributed by atoms with Crippen LogP contribution >= 0.6 is 15.6 Å². The molecule has 0 aliphatic heterocycles. The van der Waals surface area contributed by atoms with E-state index in [0.29, 0.717) is 31.6 Å². The fourth-order valence-electron chi connectivity index (χ4n) is 10.1. The fourth-order valence-corrected chi connectivity index (χ4v) is 11.7. The monoisotopic (exact) mass is 1280 g/mol. The number of hydrogen-bond acceptors (Lipinski definition) is 15. The van der Waals surface area contributed by atoms with E-state index in [-0.39, 0.29) is 25.7 Å². The van der Waals surface area contributed by atoms with E-state index in [4.69, 9.17) is 37.0 Å². The Bertz CT molecular complexity index is 1730. The summed E-state index contributed by atoms with van der Waals surface area (Å²) in [6.45, 7) is 14.0. The Balaban J connectivity index is 5.23. The predicted octanol–water partition coefficient (Wildman–Crippen LogP) is 18.9. The smallest absolute Gasteiger partial charge is 0.462 e. The van der Waals surface area contributed by atoms with E-state index in [2.05, 4.69) is 55.4 Å². The molecule has 19 heteroatoms. The van der Waals surface area contributed by atoms with Gasteiger partial charge in [0.25, 0.3) is 0 Å². The molecule has 87 heavy (non-hydrogen) atoms. The fraction of sp³-hybridized carbons (Fsp3) is 0.941. The Hall–Kier alpha value is -1.94. The molecule has 0 fully saturated rings. The Morgan fingerprint density at radius 3 is 0.816 bits per heavy atom. The van der Waals surface area contributed by atoms with Gasteiger partial charge in [0.15, 0.2) is 12.2 Å². The van der Waals surface area contributed by atoms with Gasteiger partial charge < -0.3 is 33.8 Å². The average Bonchev–Trinajstić information content (AvgIpc) is 3.58. The lowest BCUT2D eigenvalue weighted by molar-refractivity contribution is -0.161. The first-order valence-electron chi connectivity index (χ1n) is 35.3. The van der Waals surface area contributed by atoms with Crippen molar-refractivity contribution in [2.75, 3.05) is 39.6 Å². The molecular formula is C68H132O17P2. The maximum absolute atomic E-state index is 13.0. The highest BCUT2D eigenvalue weighted by atomic mass is 31.2. The second-order valence-corrected chi connectivity index (χ2v) is 28.9. The first kappa shape index (κ1) is 85.1. The Morgan fingerprint density at radius 2 is 0.552 bits per heavy atom. The lowest BCUT2D eigenvalue weighted by atomic mass is 9.99. The summed E-state index contributed by atoms with van der Waals surface area (Å²) in [6, 6.07) is 0. The summed E-state index contributed by atoms with van der Waals surface area (Å²) in [4.78, 5) is 72.4. The van der Waals surface area contributed by atoms with Crippen molar-refractivity contribution in [1.29, 1.82) is 0 Å². The molecule has 0 radical (unpaired) electrons. The minimum absolute atomic E-state index is 0.101. The molecule has 0 heterocycles. The lowest BCUT2D eigenvalue weighted by Crippen LogP contribution is -2.30. The van der Waals surface area contributed by atoms with Gasteiger partial charge in [-0.15, -0.1) is 0 Å². The standard InChI is InChI=1S/C68H132O17P2/c1-9-60(7)46-38-30-21-18-19-22-32-40-48-65(70)78-54-64(85-68(73)51-43-35-26-24-29-37-45-59(5)6)57-83-87(76,77)81-53-62(69)52-80-86(74,75)82-56-63(55-79-66(71)49-41-33-27-25-31-39-47-61(8)10-2)84-67(72)50-42-34-23-17-15-13-11-12-14-16-20-28-36-44-58(3)4/h58-64,69H,9-57H2,1-8H3,(H,74,75)(H,76,77)/t60?,61?,62-,63+,64+/m0/s1. The van der Waals surface area contributed by atoms with Crippen LogP contribution in [-0.4, -0.2) is 96.7 Å². The number of phosphoric ester groups is 2. The van der Waals surface area contributed by atoms with E-state index in [1.165, 1.54) is 128 Å². The quantitative estimate of drug-likeness (QED) is 0.0222. The molecular weight excluding hydrogens is 1150 g/mol. The van der Waals surface area contributed by atoms with E-state index < -0.39 is 97.5 Å². The maximum atomic E-state index is 13.0. The van der Waals surface area contributed by atoms with Gasteiger partial charge in [0.05, 0.1) is 26.4 Å². The van der Waals surface area contributed by atoms with Gasteiger partial charge in [-0.25, -0.2) is 9.13 Å². The van der Waals surface area contributed by atoms with Gasteiger partial charge in [-0.1, -0.05) is 280 Å². The maximum Gasteiger partial charge on any atom is 0.472 e. The number of carbonyl (C=O) groups excluding carboxylic acids is 4. The number of aliphatic hydroxyl groups is 1. The molecule has 4 unspecified atom stereocenters. The Kier molecular flexibility index (Phi) is 56.6. The molecule has 17 nitrogen and oxygen atoms in total. The molecule has 0 aromatic rings. The van der Waals surface area contributed by atoms with Gasteiger partial charge >= 0.3 is 39.5 Å². The second kappa shape index (κ2) is 57.9. The Labute approximate surface area is 530 Å². The van der Waals surface area contributed by atoms with E-state index >= 15 is 0 Å². The number of rotatable bonds is 65. The van der Waals surface area contributed by atoms with Crippen LogP contribution in [0.15, 0.2) is 0 Å². The summed E-state index contributed by atoms with van der Waals surface area (Å²) in [5.41, 5.74) is 0. The summed E-state index contributed by atoms with van der Waals surface area (Å²) < 4.78 is 68.1. The van der Waals surface area contributed by atoms with E-state index in [1.54, 1.807) is 0 Å². The molecule has 0 aliphatic carbocycles. The van der Waals surface area contributed by atoms with Gasteiger partial charge in [-0.3, -0.25) is 37.3 Å². The summed E-state index contributed by atoms with van der Waals surface area (Å²) in [7, 11) is -9.90. The highest BCUT2D eigenvalue weighted by Gasteiger charge is 2.30. The van der Waals surface area contributed by atoms with E-state index in [1.807, 2.05) is 0 Å². The third kappa shape index (κ3) is 60.1. The molecule has 0 aromatic heterocycles. The van der Waals surface area contributed by atoms with Crippen LogP contribution in [0.1, 0.15) is 331 Å². The number of hydrogen-bond donors (Lipinski definition) is 3. The van der Waals surface area contributed by atoms with Crippen molar-refractivity contribution in [2.24, 2.45) is 23.7 Å². The summed E-state index contributed by atoms with van der Waals surface area (Å²) in [5.74, 6) is 0.827. The summed E-state index contributed by atoms with van der Waals surface area (Å²) in [5, 5.41) is 10.6. The molecule has 7 atom stereocenters. The van der Waals surface area contributed by atoms with Crippen LogP contribution in [0.3, 0.4) is 0 Å². The third-order valence-corrected chi connectivity index (χ3v) is 18.2. The molecule has 0 rings (SSSR count). The molecule has 0 saturated carbocycles. The zero-order chi connectivity index (χ0) is 64.7. The molecule has 0 aromatic carbocycles. The Morgan fingerprint density at radius 1 is 0.322 bits per heavy atom. The molecule has 0 aliphatic rings. The zero-order valence-corrected chi connectivity index (χ0v) is 58.4. The van der Waals surface area contributed by atoms with Crippen LogP contribution in [0, 0.1) is 23.7 Å². The minimum atomic E-state index is -4.95. The van der Waals surface area contributed by atoms with Crippen LogP contribution in [0.25, 0.3) is 0 Å². The minimum Gasteiger partial charge on any atom is -0.462 e. The van der Waals surface area contributed by atoms with Gasteiger partial charge in [0.1, 0.15) is 19.3 Å². The van der Waals surface area contributed by atoms with E-state index in [0.717, 1.165) is 114 Å². The largest absolute Gasteiger partial charge is 0.472 e. The number of ether oxygens (including phenoxy) is 4. The summed E-state index contributed by atoms with van der Waals surface area (Å²) >= 11 is 0. The predicted molar refractivity (Wildman–Crippen MR) is 349 cm³/mol. The van der Waals surface area contributed by atoms with E-state index in [9.17, 15) is 43.2 Å². The lowest BCUT2D eigenvalue weighted by Gasteiger charge is -2.21. The number of phosphoric acid groups is 2. The molecule has 3 N–H and O–H groups in total. The van der Waals surface area contributed by atoms with Gasteiger partial charge in [-0.2, -0.15) is 0 Å². The molecule has 0 saturated heterocycles. The van der Waals surface area contributed by atoms with Crippen LogP contribution in [0.4, 0.5) is 0 Å². The van der Waals surface area contributed by atoms with Crippen LogP contribution in [0.5, 0.6) is 0 Å². The summed E-state index contributed by atoms with van der Waals surface area (Å²) in [6.07, 6.45) is 39.1. The van der Waals surface area contributed by atoms with Crippen LogP contribution < -0.4 is 0 Å². The zero-order valence-electron chi connectivity index (χ0n) is 56.6. The number of aliphatic hydroxyl groups excluding tert-OH is 1. The van der Waals surface area contributed by atoms with Gasteiger partial charge in [0, 0.05) is 25.7 Å². The molecule has 0 amide bonds. The van der Waals surface area contributed by atoms with Crippen molar-refractivity contribution >= 4 is 39.5 Å². The third-order valence-electron chi connectivity index (χ3n) is 16.3. The van der Waals surface area contributed by atoms with Gasteiger partial charge in [0.2, 0.25) is 0 Å². The molecule has 516 valence electrons. The SMILES string of the molecule is CCC(C)CCCCCCCCCCC(=O)OC[C@H](COP(=O)(O)OC[C@@H](O)COP(=O)(O)OC[C@@H](COC(=O)CCCCCCCCC(C)CC)OC(=O)CCCCCCCCCCCCCCCC(C)C)OC(=O)CCCCCCCCC(C)C. The van der Waals surface area contributed by atoms with Crippen molar-refractivity contribution in [2.45, 2.75) is 350 Å². The highest BCUT2D eigenvalue weighted by molar-refractivity contribution is 7.47. The van der Waals surface area contributed by atoms with Crippen molar-refractivity contribution < 1.29 is 80.2 Å². The first-order valence-corrected chi connectivity index (χ1v) is 38.3.